The van der Waals surface area contributed by atoms with Gasteiger partial charge >= 0.3 is 0 Å². The highest BCUT2D eigenvalue weighted by atomic mass is 14.1. The van der Waals surface area contributed by atoms with E-state index in [9.17, 15) is 0 Å². The van der Waals surface area contributed by atoms with Gasteiger partial charge in [-0.15, -0.1) is 0 Å². The zero-order valence-corrected chi connectivity index (χ0v) is 21.4. The van der Waals surface area contributed by atoms with Gasteiger partial charge in [-0.1, -0.05) is 126 Å². The maximum atomic E-state index is 2.39. The van der Waals surface area contributed by atoms with Gasteiger partial charge in [0.15, 0.2) is 0 Å². The van der Waals surface area contributed by atoms with Crippen LogP contribution in [-0.2, 0) is 12.8 Å². The van der Waals surface area contributed by atoms with E-state index >= 15 is 0 Å². The van der Waals surface area contributed by atoms with Gasteiger partial charge in [-0.25, -0.2) is 0 Å². The van der Waals surface area contributed by atoms with E-state index in [1.54, 1.807) is 0 Å². The van der Waals surface area contributed by atoms with Crippen LogP contribution in [0.4, 0.5) is 0 Å². The molecule has 4 aromatic carbocycles. The van der Waals surface area contributed by atoms with Crippen LogP contribution < -0.4 is 0 Å². The molecular weight excluding hydrogens is 408 g/mol. The second-order valence-corrected chi connectivity index (χ2v) is 10.1. The Balaban J connectivity index is 1.42. The molecule has 0 radical (unpaired) electrons. The van der Waals surface area contributed by atoms with Gasteiger partial charge in [-0.05, 0) is 81.6 Å². The van der Waals surface area contributed by atoms with Crippen molar-refractivity contribution in [1.82, 2.24) is 0 Å². The average molecular weight is 451 g/mol. The first-order valence-electron chi connectivity index (χ1n) is 13.8. The summed E-state index contributed by atoms with van der Waals surface area (Å²) in [6.45, 7) is 4.56. The smallest absolute Gasteiger partial charge is 0.0177 e. The summed E-state index contributed by atoms with van der Waals surface area (Å²) in [6.07, 6.45) is 15.8. The summed E-state index contributed by atoms with van der Waals surface area (Å²) >= 11 is 0. The summed E-state index contributed by atoms with van der Waals surface area (Å²) in [6, 6.07) is 28.0. The lowest BCUT2D eigenvalue weighted by Crippen LogP contribution is -1.88. The molecule has 178 valence electrons. The topological polar surface area (TPSA) is 0 Å². The fraction of sp³-hybridized carbons (Fsp3) is 0.412. The number of unbranched alkanes of at least 4 members (excludes halogenated alkanes) is 8. The standard InChI is InChI=1S/C34H42/c1-3-5-7-9-11-13-27-15-17-31-25-33(21-19-29(31)23-27)34-22-20-30-24-28(16-18-32(30)26-34)14-12-10-8-6-4-2/h15-26H,3-14H2,1-2H3. The summed E-state index contributed by atoms with van der Waals surface area (Å²) in [7, 11) is 0. The lowest BCUT2D eigenvalue weighted by Gasteiger charge is -2.09. The molecule has 0 aromatic heterocycles. The summed E-state index contributed by atoms with van der Waals surface area (Å²) in [4.78, 5) is 0. The fourth-order valence-electron chi connectivity index (χ4n) is 5.13. The summed E-state index contributed by atoms with van der Waals surface area (Å²) in [5.41, 5.74) is 5.57. The van der Waals surface area contributed by atoms with Crippen molar-refractivity contribution in [2.45, 2.75) is 90.9 Å². The Kier molecular flexibility index (Phi) is 9.19. The number of hydrogen-bond donors (Lipinski definition) is 0. The number of hydrogen-bond acceptors (Lipinski definition) is 0. The Labute approximate surface area is 207 Å². The zero-order valence-electron chi connectivity index (χ0n) is 21.4. The van der Waals surface area contributed by atoms with Crippen LogP contribution in [0.1, 0.15) is 89.2 Å². The molecule has 0 heterocycles. The Morgan fingerprint density at radius 1 is 0.382 bits per heavy atom. The first-order chi connectivity index (χ1) is 16.8. The van der Waals surface area contributed by atoms with E-state index in [0.29, 0.717) is 0 Å². The predicted molar refractivity (Wildman–Crippen MR) is 152 cm³/mol. The van der Waals surface area contributed by atoms with Crippen LogP contribution in [0.3, 0.4) is 0 Å². The third-order valence-corrected chi connectivity index (χ3v) is 7.28. The van der Waals surface area contributed by atoms with Gasteiger partial charge in [-0.3, -0.25) is 0 Å². The molecule has 0 amide bonds. The molecule has 0 saturated carbocycles. The quantitative estimate of drug-likeness (QED) is 0.178. The highest BCUT2D eigenvalue weighted by molar-refractivity contribution is 5.91. The Bertz CT molecular complexity index is 1090. The van der Waals surface area contributed by atoms with Crippen LogP contribution in [0, 0.1) is 0 Å². The molecule has 0 N–H and O–H groups in total. The molecule has 0 nitrogen and oxygen atoms in total. The lowest BCUT2D eigenvalue weighted by atomic mass is 9.96. The highest BCUT2D eigenvalue weighted by Crippen LogP contribution is 2.29. The average Bonchev–Trinajstić information content (AvgIpc) is 2.87. The van der Waals surface area contributed by atoms with Crippen molar-refractivity contribution < 1.29 is 0 Å². The highest BCUT2D eigenvalue weighted by Gasteiger charge is 2.04. The van der Waals surface area contributed by atoms with Gasteiger partial charge in [0.25, 0.3) is 0 Å². The van der Waals surface area contributed by atoms with E-state index in [-0.39, 0.29) is 0 Å². The molecule has 0 saturated heterocycles. The molecule has 0 atom stereocenters. The first-order valence-corrected chi connectivity index (χ1v) is 13.8. The van der Waals surface area contributed by atoms with Gasteiger partial charge in [0.05, 0.1) is 0 Å². The maximum Gasteiger partial charge on any atom is -0.0177 e. The molecule has 0 aliphatic heterocycles. The number of benzene rings is 4. The monoisotopic (exact) mass is 450 g/mol. The summed E-state index contributed by atoms with van der Waals surface area (Å²) in [5.74, 6) is 0. The summed E-state index contributed by atoms with van der Waals surface area (Å²) in [5, 5.41) is 5.40. The van der Waals surface area contributed by atoms with Crippen LogP contribution in [0.25, 0.3) is 32.7 Å². The minimum Gasteiger partial charge on any atom is -0.0654 e. The predicted octanol–water partition coefficient (Wildman–Crippen LogP) is 10.7. The normalized spacial score (nSPS) is 11.5. The van der Waals surface area contributed by atoms with E-state index < -0.39 is 0 Å². The van der Waals surface area contributed by atoms with Crippen molar-refractivity contribution >= 4 is 21.5 Å². The Morgan fingerprint density at radius 2 is 0.765 bits per heavy atom. The second-order valence-electron chi connectivity index (χ2n) is 10.1. The van der Waals surface area contributed by atoms with Crippen LogP contribution in [-0.4, -0.2) is 0 Å². The van der Waals surface area contributed by atoms with E-state index in [0.717, 1.165) is 0 Å². The van der Waals surface area contributed by atoms with Crippen LogP contribution in [0.15, 0.2) is 72.8 Å². The molecule has 0 fully saturated rings. The van der Waals surface area contributed by atoms with Gasteiger partial charge < -0.3 is 0 Å². The van der Waals surface area contributed by atoms with Crippen molar-refractivity contribution in [3.05, 3.63) is 83.9 Å². The molecular formula is C34H42. The SMILES string of the molecule is CCCCCCCc1ccc2cc(-c3ccc4cc(CCCCCCC)ccc4c3)ccc2c1. The van der Waals surface area contributed by atoms with E-state index in [1.807, 2.05) is 0 Å². The minimum atomic E-state index is 1.20. The van der Waals surface area contributed by atoms with Crippen LogP contribution in [0.2, 0.25) is 0 Å². The van der Waals surface area contributed by atoms with Crippen LogP contribution >= 0.6 is 0 Å². The molecule has 0 spiro atoms. The molecule has 34 heavy (non-hydrogen) atoms. The molecule has 4 rings (SSSR count). The molecule has 0 aliphatic rings. The molecule has 0 aliphatic carbocycles. The van der Waals surface area contributed by atoms with Crippen molar-refractivity contribution in [3.63, 3.8) is 0 Å². The fourth-order valence-corrected chi connectivity index (χ4v) is 5.13. The molecule has 0 heteroatoms. The molecule has 4 aromatic rings. The minimum absolute atomic E-state index is 1.20. The Hall–Kier alpha value is -2.60. The van der Waals surface area contributed by atoms with E-state index in [1.165, 1.54) is 121 Å². The largest absolute Gasteiger partial charge is 0.0654 e. The summed E-state index contributed by atoms with van der Waals surface area (Å²) < 4.78 is 0. The number of aryl methyl sites for hydroxylation is 2. The van der Waals surface area contributed by atoms with Gasteiger partial charge in [0, 0.05) is 0 Å². The molecule has 0 unspecified atom stereocenters. The first kappa shape index (κ1) is 24.5. The third-order valence-electron chi connectivity index (χ3n) is 7.28. The zero-order chi connectivity index (χ0) is 23.6. The lowest BCUT2D eigenvalue weighted by molar-refractivity contribution is 0.632. The Morgan fingerprint density at radius 3 is 1.21 bits per heavy atom. The van der Waals surface area contributed by atoms with E-state index in [4.69, 9.17) is 0 Å². The van der Waals surface area contributed by atoms with Crippen LogP contribution in [0.5, 0.6) is 0 Å². The van der Waals surface area contributed by atoms with Crippen molar-refractivity contribution in [1.29, 1.82) is 0 Å². The second kappa shape index (κ2) is 12.7. The maximum absolute atomic E-state index is 2.39. The van der Waals surface area contributed by atoms with Crippen molar-refractivity contribution in [3.8, 4) is 11.1 Å². The number of fused-ring (bicyclic) bond motifs is 2. The number of rotatable bonds is 13. The van der Waals surface area contributed by atoms with Crippen molar-refractivity contribution in [2.24, 2.45) is 0 Å². The van der Waals surface area contributed by atoms with E-state index in [2.05, 4.69) is 86.6 Å². The molecule has 0 bridgehead atoms. The van der Waals surface area contributed by atoms with Gasteiger partial charge in [0.1, 0.15) is 0 Å². The van der Waals surface area contributed by atoms with Gasteiger partial charge in [0.2, 0.25) is 0 Å². The van der Waals surface area contributed by atoms with Gasteiger partial charge in [-0.2, -0.15) is 0 Å². The third kappa shape index (κ3) is 6.72. The van der Waals surface area contributed by atoms with Crippen molar-refractivity contribution in [2.75, 3.05) is 0 Å².